The average molecular weight is 344 g/mol. The Morgan fingerprint density at radius 2 is 2.00 bits per heavy atom. The van der Waals surface area contributed by atoms with Crippen molar-refractivity contribution in [2.24, 2.45) is 4.99 Å². The first kappa shape index (κ1) is 18.1. The van der Waals surface area contributed by atoms with Gasteiger partial charge in [-0.25, -0.2) is 0 Å². The van der Waals surface area contributed by atoms with E-state index in [4.69, 9.17) is 9.47 Å². The zero-order valence-electron chi connectivity index (χ0n) is 14.0. The van der Waals surface area contributed by atoms with Crippen molar-refractivity contribution in [3.8, 4) is 23.0 Å². The predicted molar refractivity (Wildman–Crippen MR) is 94.1 cm³/mol. The monoisotopic (exact) mass is 344 g/mol. The van der Waals surface area contributed by atoms with Crippen LogP contribution in [0.2, 0.25) is 0 Å². The van der Waals surface area contributed by atoms with Crippen LogP contribution in [-0.4, -0.2) is 49.6 Å². The molecule has 2 aromatic rings. The minimum Gasteiger partial charge on any atom is -0.507 e. The van der Waals surface area contributed by atoms with E-state index in [2.05, 4.69) is 10.3 Å². The number of methoxy groups -OCH3 is 2. The van der Waals surface area contributed by atoms with Gasteiger partial charge in [0.15, 0.2) is 11.5 Å². The summed E-state index contributed by atoms with van der Waals surface area (Å²) in [4.78, 5) is 16.2. The Morgan fingerprint density at radius 1 is 1.20 bits per heavy atom. The van der Waals surface area contributed by atoms with Gasteiger partial charge < -0.3 is 25.0 Å². The fourth-order valence-corrected chi connectivity index (χ4v) is 2.13. The topological polar surface area (TPSA) is 100 Å². The van der Waals surface area contributed by atoms with E-state index in [-0.39, 0.29) is 23.6 Å². The molecular formula is C18H20N2O5. The SMILES string of the molecule is COc1ccc(C(=O)NCCN=Cc2cccc(OC)c2O)c(O)c1. The van der Waals surface area contributed by atoms with Gasteiger partial charge in [0.05, 0.1) is 26.3 Å². The summed E-state index contributed by atoms with van der Waals surface area (Å²) in [6.07, 6.45) is 1.51. The minimum absolute atomic E-state index is 0.0148. The molecule has 7 nitrogen and oxygen atoms in total. The maximum Gasteiger partial charge on any atom is 0.255 e. The molecule has 0 radical (unpaired) electrons. The number of phenolic OH excluding ortho intramolecular Hbond substituents is 2. The van der Waals surface area contributed by atoms with Crippen molar-refractivity contribution < 1.29 is 24.5 Å². The van der Waals surface area contributed by atoms with Crippen LogP contribution in [0.25, 0.3) is 0 Å². The number of hydrogen-bond donors (Lipinski definition) is 3. The van der Waals surface area contributed by atoms with Crippen LogP contribution >= 0.6 is 0 Å². The number of nitrogens with zero attached hydrogens (tertiary/aromatic N) is 1. The minimum atomic E-state index is -0.403. The second kappa shape index (κ2) is 8.58. The van der Waals surface area contributed by atoms with E-state index in [1.54, 1.807) is 24.3 Å². The van der Waals surface area contributed by atoms with Crippen LogP contribution in [0.4, 0.5) is 0 Å². The highest BCUT2D eigenvalue weighted by Crippen LogP contribution is 2.28. The zero-order chi connectivity index (χ0) is 18.2. The van der Waals surface area contributed by atoms with Crippen LogP contribution in [-0.2, 0) is 0 Å². The first-order valence-corrected chi connectivity index (χ1v) is 7.57. The Labute approximate surface area is 145 Å². The molecule has 0 saturated heterocycles. The molecule has 2 aromatic carbocycles. The van der Waals surface area contributed by atoms with Gasteiger partial charge >= 0.3 is 0 Å². The van der Waals surface area contributed by atoms with Gasteiger partial charge in [-0.15, -0.1) is 0 Å². The third-order valence-corrected chi connectivity index (χ3v) is 3.46. The van der Waals surface area contributed by atoms with Crippen LogP contribution in [0.3, 0.4) is 0 Å². The number of ether oxygens (including phenoxy) is 2. The van der Waals surface area contributed by atoms with E-state index in [0.717, 1.165) is 0 Å². The summed E-state index contributed by atoms with van der Waals surface area (Å²) in [5.41, 5.74) is 0.689. The molecule has 2 rings (SSSR count). The lowest BCUT2D eigenvalue weighted by molar-refractivity contribution is 0.0952. The third-order valence-electron chi connectivity index (χ3n) is 3.46. The number of nitrogens with one attached hydrogen (secondary N) is 1. The van der Waals surface area contributed by atoms with E-state index in [9.17, 15) is 15.0 Å². The number of benzene rings is 2. The van der Waals surface area contributed by atoms with Crippen LogP contribution in [0.5, 0.6) is 23.0 Å². The van der Waals surface area contributed by atoms with Crippen molar-refractivity contribution in [2.45, 2.75) is 0 Å². The summed E-state index contributed by atoms with van der Waals surface area (Å²) in [6, 6.07) is 9.55. The van der Waals surface area contributed by atoms with Gasteiger partial charge in [0.2, 0.25) is 0 Å². The van der Waals surface area contributed by atoms with Crippen molar-refractivity contribution in [2.75, 3.05) is 27.3 Å². The fourth-order valence-electron chi connectivity index (χ4n) is 2.13. The maximum atomic E-state index is 12.0. The number of carbonyl (C=O) groups excluding carboxylic acids is 1. The molecule has 0 heterocycles. The first-order valence-electron chi connectivity index (χ1n) is 7.57. The van der Waals surface area contributed by atoms with E-state index >= 15 is 0 Å². The smallest absolute Gasteiger partial charge is 0.255 e. The molecule has 132 valence electrons. The Morgan fingerprint density at radius 3 is 2.68 bits per heavy atom. The van der Waals surface area contributed by atoms with Crippen molar-refractivity contribution in [3.05, 3.63) is 47.5 Å². The maximum absolute atomic E-state index is 12.0. The largest absolute Gasteiger partial charge is 0.507 e. The molecule has 1 amide bonds. The van der Waals surface area contributed by atoms with Gasteiger partial charge in [-0.2, -0.15) is 0 Å². The molecule has 0 aliphatic carbocycles. The van der Waals surface area contributed by atoms with Gasteiger partial charge in [0.1, 0.15) is 11.5 Å². The second-order valence-corrected chi connectivity index (χ2v) is 5.07. The van der Waals surface area contributed by atoms with Gasteiger partial charge in [0, 0.05) is 24.4 Å². The van der Waals surface area contributed by atoms with Gasteiger partial charge in [0.25, 0.3) is 5.91 Å². The predicted octanol–water partition coefficient (Wildman–Crippen LogP) is 1.96. The highest BCUT2D eigenvalue weighted by atomic mass is 16.5. The summed E-state index contributed by atoms with van der Waals surface area (Å²) in [6.45, 7) is 0.602. The number of aromatic hydroxyl groups is 2. The number of para-hydroxylation sites is 1. The molecule has 0 aliphatic heterocycles. The van der Waals surface area contributed by atoms with Gasteiger partial charge in [-0.3, -0.25) is 9.79 Å². The number of hydrogen-bond acceptors (Lipinski definition) is 6. The quantitative estimate of drug-likeness (QED) is 0.527. The molecule has 7 heteroatoms. The fraction of sp³-hybridized carbons (Fsp3) is 0.222. The summed E-state index contributed by atoms with van der Waals surface area (Å²) in [5.74, 6) is 0.297. The third kappa shape index (κ3) is 4.63. The Balaban J connectivity index is 1.88. The number of carbonyl (C=O) groups is 1. The number of phenols is 2. The summed E-state index contributed by atoms with van der Waals surface area (Å²) in [7, 11) is 2.95. The van der Waals surface area contributed by atoms with Crippen LogP contribution in [0, 0.1) is 0 Å². The molecular weight excluding hydrogens is 324 g/mol. The lowest BCUT2D eigenvalue weighted by atomic mass is 10.2. The lowest BCUT2D eigenvalue weighted by Gasteiger charge is -2.07. The van der Waals surface area contributed by atoms with Crippen molar-refractivity contribution in [1.82, 2.24) is 5.32 Å². The van der Waals surface area contributed by atoms with Crippen LogP contribution in [0.15, 0.2) is 41.4 Å². The highest BCUT2D eigenvalue weighted by molar-refractivity contribution is 5.97. The number of rotatable bonds is 7. The molecule has 0 unspecified atom stereocenters. The first-order chi connectivity index (χ1) is 12.1. The van der Waals surface area contributed by atoms with Gasteiger partial charge in [-0.05, 0) is 24.3 Å². The summed E-state index contributed by atoms with van der Waals surface area (Å²) in [5, 5.41) is 22.4. The molecule has 0 fully saturated rings. The Kier molecular flexibility index (Phi) is 6.22. The molecule has 25 heavy (non-hydrogen) atoms. The lowest BCUT2D eigenvalue weighted by Crippen LogP contribution is -2.26. The Bertz CT molecular complexity index is 774. The standard InChI is InChI=1S/C18H20N2O5/c1-24-13-6-7-14(15(21)10-13)18(23)20-9-8-19-11-12-4-3-5-16(25-2)17(12)22/h3-7,10-11,21-22H,8-9H2,1-2H3,(H,20,23). The van der Waals surface area contributed by atoms with Crippen molar-refractivity contribution in [1.29, 1.82) is 0 Å². The molecule has 0 aliphatic rings. The van der Waals surface area contributed by atoms with Crippen molar-refractivity contribution >= 4 is 12.1 Å². The average Bonchev–Trinajstić information content (AvgIpc) is 2.62. The van der Waals surface area contributed by atoms with E-state index in [1.807, 2.05) is 0 Å². The molecule has 3 N–H and O–H groups in total. The summed E-state index contributed by atoms with van der Waals surface area (Å²) < 4.78 is 9.99. The molecule has 0 saturated carbocycles. The normalized spacial score (nSPS) is 10.6. The summed E-state index contributed by atoms with van der Waals surface area (Å²) >= 11 is 0. The second-order valence-electron chi connectivity index (χ2n) is 5.07. The van der Waals surface area contributed by atoms with Crippen LogP contribution in [0.1, 0.15) is 15.9 Å². The number of amides is 1. The zero-order valence-corrected chi connectivity index (χ0v) is 14.0. The molecule has 0 spiro atoms. The van der Waals surface area contributed by atoms with E-state index in [1.165, 1.54) is 32.6 Å². The Hall–Kier alpha value is -3.22. The molecule has 0 bridgehead atoms. The highest BCUT2D eigenvalue weighted by Gasteiger charge is 2.11. The number of aliphatic imine (C=N–C) groups is 1. The van der Waals surface area contributed by atoms with Gasteiger partial charge in [-0.1, -0.05) is 6.07 Å². The molecule has 0 aromatic heterocycles. The van der Waals surface area contributed by atoms with Crippen LogP contribution < -0.4 is 14.8 Å². The van der Waals surface area contributed by atoms with E-state index in [0.29, 0.717) is 23.6 Å². The van der Waals surface area contributed by atoms with Crippen molar-refractivity contribution in [3.63, 3.8) is 0 Å². The van der Waals surface area contributed by atoms with E-state index < -0.39 is 5.91 Å². The molecule has 0 atom stereocenters.